The molecule has 0 unspecified atom stereocenters. The molecule has 0 aliphatic rings. The summed E-state index contributed by atoms with van der Waals surface area (Å²) in [5.74, 6) is 0. The normalized spacial score (nSPS) is 11.3. The summed E-state index contributed by atoms with van der Waals surface area (Å²) in [6, 6.07) is 17.4. The first-order chi connectivity index (χ1) is 8.68. The van der Waals surface area contributed by atoms with Gasteiger partial charge in [0.2, 0.25) is 0 Å². The van der Waals surface area contributed by atoms with Gasteiger partial charge >= 0.3 is 0 Å². The Kier molecular flexibility index (Phi) is 4.09. The predicted molar refractivity (Wildman–Crippen MR) is 68.0 cm³/mol. The highest BCUT2D eigenvalue weighted by Gasteiger charge is 2.12. The molecule has 0 aliphatic heterocycles. The number of sulfonamides is 1. The van der Waals surface area contributed by atoms with Crippen LogP contribution in [0.1, 0.15) is 5.56 Å². The quantitative estimate of drug-likeness (QED) is 0.840. The van der Waals surface area contributed by atoms with Crippen molar-refractivity contribution in [3.8, 4) is 0 Å². The van der Waals surface area contributed by atoms with Crippen molar-refractivity contribution in [2.75, 3.05) is 0 Å². The second-order valence-corrected chi connectivity index (χ2v) is 5.32. The molecule has 18 heavy (non-hydrogen) atoms. The summed E-state index contributed by atoms with van der Waals surface area (Å²) in [6.45, 7) is 0.187. The van der Waals surface area contributed by atoms with Gasteiger partial charge in [0, 0.05) is 0 Å². The number of benzene rings is 2. The second-order valence-electron chi connectivity index (χ2n) is 3.67. The maximum absolute atomic E-state index is 11.8. The molecule has 5 heteroatoms. The van der Waals surface area contributed by atoms with Crippen molar-refractivity contribution in [3.05, 3.63) is 66.2 Å². The van der Waals surface area contributed by atoms with E-state index < -0.39 is 10.0 Å². The maximum atomic E-state index is 11.8. The fourth-order valence-corrected chi connectivity index (χ4v) is 2.24. The number of rotatable bonds is 5. The van der Waals surface area contributed by atoms with Gasteiger partial charge in [0.05, 0.1) is 11.5 Å². The molecule has 0 heterocycles. The molecule has 0 amide bonds. The minimum absolute atomic E-state index is 0.179. The van der Waals surface area contributed by atoms with Gasteiger partial charge in [-0.25, -0.2) is 8.42 Å². The first-order valence-electron chi connectivity index (χ1n) is 5.41. The highest BCUT2D eigenvalue weighted by atomic mass is 32.2. The summed E-state index contributed by atoms with van der Waals surface area (Å²) in [4.78, 5) is 7.28. The number of hydrogen-bond donors (Lipinski definition) is 1. The topological polar surface area (TPSA) is 55.4 Å². The molecular weight excluding hydrogens is 250 g/mol. The summed E-state index contributed by atoms with van der Waals surface area (Å²) in [6.07, 6.45) is 0. The molecule has 0 atom stereocenters. The fourth-order valence-electron chi connectivity index (χ4n) is 1.41. The molecule has 0 aliphatic carbocycles. The molecule has 0 saturated carbocycles. The van der Waals surface area contributed by atoms with E-state index >= 15 is 0 Å². The maximum Gasteiger partial charge on any atom is 0.262 e. The van der Waals surface area contributed by atoms with Gasteiger partial charge in [0.15, 0.2) is 0 Å². The standard InChI is InChI=1S/C13H13NO3S/c15-18(16,13-9-5-2-6-10-13)14-17-11-12-7-3-1-4-8-12/h1-10,14H,11H2. The van der Waals surface area contributed by atoms with Crippen LogP contribution in [0.15, 0.2) is 65.6 Å². The Hall–Kier alpha value is -1.69. The fraction of sp³-hybridized carbons (Fsp3) is 0.0769. The molecule has 4 nitrogen and oxygen atoms in total. The molecule has 2 aromatic carbocycles. The van der Waals surface area contributed by atoms with Crippen molar-refractivity contribution >= 4 is 10.0 Å². The minimum atomic E-state index is -3.60. The predicted octanol–water partition coefficient (Wildman–Crippen LogP) is 2.10. The molecule has 2 aromatic rings. The average Bonchev–Trinajstić information content (AvgIpc) is 2.41. The molecule has 0 spiro atoms. The Bertz CT molecular complexity index is 582. The molecule has 0 fully saturated rings. The number of nitrogens with one attached hydrogen (secondary N) is 1. The van der Waals surface area contributed by atoms with Crippen LogP contribution >= 0.6 is 0 Å². The van der Waals surface area contributed by atoms with Crippen LogP contribution in [0.4, 0.5) is 0 Å². The van der Waals surface area contributed by atoms with Crippen molar-refractivity contribution < 1.29 is 13.3 Å². The van der Waals surface area contributed by atoms with E-state index in [4.69, 9.17) is 4.84 Å². The van der Waals surface area contributed by atoms with E-state index in [1.807, 2.05) is 30.3 Å². The van der Waals surface area contributed by atoms with Gasteiger partial charge in [-0.05, 0) is 17.7 Å². The third-order valence-electron chi connectivity index (χ3n) is 2.30. The Labute approximate surface area is 106 Å². The van der Waals surface area contributed by atoms with Gasteiger partial charge in [-0.1, -0.05) is 53.4 Å². The van der Waals surface area contributed by atoms with Gasteiger partial charge in [-0.3, -0.25) is 4.84 Å². The van der Waals surface area contributed by atoms with Crippen molar-refractivity contribution in [3.63, 3.8) is 0 Å². The molecule has 0 bridgehead atoms. The first kappa shape index (κ1) is 12.8. The highest BCUT2D eigenvalue weighted by molar-refractivity contribution is 7.89. The minimum Gasteiger partial charge on any atom is -0.282 e. The van der Waals surface area contributed by atoms with Gasteiger partial charge in [-0.15, -0.1) is 0 Å². The molecule has 2 rings (SSSR count). The van der Waals surface area contributed by atoms with Gasteiger partial charge < -0.3 is 0 Å². The first-order valence-corrected chi connectivity index (χ1v) is 6.89. The van der Waals surface area contributed by atoms with E-state index in [0.717, 1.165) is 5.56 Å². The van der Waals surface area contributed by atoms with E-state index in [1.54, 1.807) is 18.2 Å². The van der Waals surface area contributed by atoms with Gasteiger partial charge in [0.25, 0.3) is 10.0 Å². The average molecular weight is 263 g/mol. The lowest BCUT2D eigenvalue weighted by atomic mass is 10.2. The van der Waals surface area contributed by atoms with Crippen molar-refractivity contribution in [1.29, 1.82) is 0 Å². The van der Waals surface area contributed by atoms with Crippen molar-refractivity contribution in [2.45, 2.75) is 11.5 Å². The van der Waals surface area contributed by atoms with Crippen molar-refractivity contribution in [1.82, 2.24) is 4.89 Å². The van der Waals surface area contributed by atoms with Crippen LogP contribution in [-0.4, -0.2) is 8.42 Å². The Morgan fingerprint density at radius 1 is 0.889 bits per heavy atom. The molecule has 0 saturated heterocycles. The molecular formula is C13H13NO3S. The SMILES string of the molecule is O=S(=O)(NOCc1ccccc1)c1ccccc1. The Balaban J connectivity index is 1.95. The highest BCUT2D eigenvalue weighted by Crippen LogP contribution is 2.07. The van der Waals surface area contributed by atoms with Crippen LogP contribution in [0.5, 0.6) is 0 Å². The van der Waals surface area contributed by atoms with Gasteiger partial charge in [-0.2, -0.15) is 0 Å². The molecule has 0 aromatic heterocycles. The van der Waals surface area contributed by atoms with E-state index in [-0.39, 0.29) is 11.5 Å². The largest absolute Gasteiger partial charge is 0.282 e. The number of hydrogen-bond acceptors (Lipinski definition) is 3. The zero-order chi connectivity index (χ0) is 12.8. The molecule has 0 radical (unpaired) electrons. The molecule has 94 valence electrons. The summed E-state index contributed by atoms with van der Waals surface area (Å²) < 4.78 is 23.6. The van der Waals surface area contributed by atoms with E-state index in [9.17, 15) is 8.42 Å². The molecule has 1 N–H and O–H groups in total. The van der Waals surface area contributed by atoms with E-state index in [2.05, 4.69) is 4.89 Å². The van der Waals surface area contributed by atoms with Crippen LogP contribution in [0, 0.1) is 0 Å². The smallest absolute Gasteiger partial charge is 0.262 e. The van der Waals surface area contributed by atoms with Gasteiger partial charge in [0.1, 0.15) is 0 Å². The van der Waals surface area contributed by atoms with Crippen LogP contribution in [0.2, 0.25) is 0 Å². The third-order valence-corrected chi connectivity index (χ3v) is 3.53. The van der Waals surface area contributed by atoms with Crippen LogP contribution in [0.3, 0.4) is 0 Å². The van der Waals surface area contributed by atoms with E-state index in [1.165, 1.54) is 12.1 Å². The van der Waals surface area contributed by atoms with Crippen molar-refractivity contribution in [2.24, 2.45) is 0 Å². The van der Waals surface area contributed by atoms with E-state index in [0.29, 0.717) is 0 Å². The summed E-state index contributed by atoms with van der Waals surface area (Å²) in [5.41, 5.74) is 0.897. The van der Waals surface area contributed by atoms with Crippen LogP contribution in [-0.2, 0) is 21.5 Å². The second kappa shape index (κ2) is 5.77. The lowest BCUT2D eigenvalue weighted by molar-refractivity contribution is 0.0795. The Morgan fingerprint density at radius 2 is 1.44 bits per heavy atom. The lowest BCUT2D eigenvalue weighted by Gasteiger charge is -2.07. The Morgan fingerprint density at radius 3 is 2.06 bits per heavy atom. The lowest BCUT2D eigenvalue weighted by Crippen LogP contribution is -2.23. The monoisotopic (exact) mass is 263 g/mol. The zero-order valence-electron chi connectivity index (χ0n) is 9.61. The summed E-state index contributed by atoms with van der Waals surface area (Å²) >= 11 is 0. The third kappa shape index (κ3) is 3.40. The summed E-state index contributed by atoms with van der Waals surface area (Å²) in [7, 11) is -3.60. The van der Waals surface area contributed by atoms with Crippen LogP contribution in [0.25, 0.3) is 0 Å². The zero-order valence-corrected chi connectivity index (χ0v) is 10.4. The van der Waals surface area contributed by atoms with Crippen LogP contribution < -0.4 is 4.89 Å². The summed E-state index contributed by atoms with van der Waals surface area (Å²) in [5, 5.41) is 0.